The number of para-hydroxylation sites is 3. The third-order valence-corrected chi connectivity index (χ3v) is 12.1. The van der Waals surface area contributed by atoms with Crippen molar-refractivity contribution in [1.29, 1.82) is 0 Å². The molecule has 0 saturated heterocycles. The maximum absolute atomic E-state index is 9.03. The number of aromatic nitrogens is 4. The summed E-state index contributed by atoms with van der Waals surface area (Å²) in [6.45, 7) is 6.60. The van der Waals surface area contributed by atoms with Crippen LogP contribution in [0.5, 0.6) is 11.5 Å². The summed E-state index contributed by atoms with van der Waals surface area (Å²) < 4.78 is 99.6. The second-order valence-electron chi connectivity index (χ2n) is 17.0. The van der Waals surface area contributed by atoms with Crippen molar-refractivity contribution in [3.63, 3.8) is 0 Å². The van der Waals surface area contributed by atoms with Gasteiger partial charge >= 0.3 is 0 Å². The lowest BCUT2D eigenvalue weighted by molar-refractivity contribution is -0.571. The molecule has 11 rings (SSSR count). The van der Waals surface area contributed by atoms with Gasteiger partial charge < -0.3 is 4.74 Å². The molecule has 3 heterocycles. The lowest BCUT2D eigenvalue weighted by Gasteiger charge is -2.20. The molecule has 302 valence electrons. The van der Waals surface area contributed by atoms with Gasteiger partial charge in [-0.2, -0.15) is 0 Å². The Morgan fingerprint density at radius 1 is 0.661 bits per heavy atom. The molecular formula is C57H48N4O. The Hall–Kier alpha value is -7.24. The van der Waals surface area contributed by atoms with Crippen molar-refractivity contribution < 1.29 is 23.0 Å². The minimum Gasteiger partial charge on any atom is -0.458 e. The molecule has 0 amide bonds. The first-order chi connectivity index (χ1) is 34.5. The van der Waals surface area contributed by atoms with E-state index in [-0.39, 0.29) is 33.4 Å². The average molecular weight is 815 g/mol. The molecule has 1 aliphatic rings. The van der Waals surface area contributed by atoms with Crippen LogP contribution in [0.3, 0.4) is 0 Å². The second kappa shape index (κ2) is 15.3. The highest BCUT2D eigenvalue weighted by Gasteiger charge is 2.23. The van der Waals surface area contributed by atoms with Gasteiger partial charge in [-0.25, -0.2) is 4.98 Å². The van der Waals surface area contributed by atoms with Crippen molar-refractivity contribution in [1.82, 2.24) is 14.1 Å². The van der Waals surface area contributed by atoms with Crippen LogP contribution >= 0.6 is 0 Å². The lowest BCUT2D eigenvalue weighted by atomic mass is 9.88. The summed E-state index contributed by atoms with van der Waals surface area (Å²) in [4.78, 5) is 4.92. The minimum atomic E-state index is -0.562. The Kier molecular flexibility index (Phi) is 7.01. The Morgan fingerprint density at radius 2 is 1.37 bits per heavy atom. The number of rotatable bonds is 8. The van der Waals surface area contributed by atoms with E-state index in [0.29, 0.717) is 34.1 Å². The highest BCUT2D eigenvalue weighted by molar-refractivity contribution is 6.09. The van der Waals surface area contributed by atoms with Gasteiger partial charge in [-0.05, 0) is 112 Å². The molecule has 0 bridgehead atoms. The van der Waals surface area contributed by atoms with E-state index in [9.17, 15) is 0 Å². The Labute approximate surface area is 377 Å². The maximum atomic E-state index is 9.03. The molecule has 1 saturated carbocycles. The van der Waals surface area contributed by atoms with Crippen molar-refractivity contribution in [3.8, 4) is 50.9 Å². The highest BCUT2D eigenvalue weighted by atomic mass is 16.5. The molecule has 1 aliphatic carbocycles. The first-order valence-electron chi connectivity index (χ1n) is 26.1. The zero-order valence-electron chi connectivity index (χ0n) is 44.6. The van der Waals surface area contributed by atoms with Gasteiger partial charge in [0.1, 0.15) is 17.3 Å². The van der Waals surface area contributed by atoms with Crippen LogP contribution in [-0.2, 0) is 5.41 Å². The molecule has 0 N–H and O–H groups in total. The first-order valence-corrected chi connectivity index (χ1v) is 21.1. The van der Waals surface area contributed by atoms with E-state index >= 15 is 0 Å². The van der Waals surface area contributed by atoms with Gasteiger partial charge in [0.15, 0.2) is 0 Å². The van der Waals surface area contributed by atoms with Gasteiger partial charge in [-0.3, -0.25) is 13.7 Å². The number of fused-ring (bicyclic) bond motifs is 4. The monoisotopic (exact) mass is 814 g/mol. The Morgan fingerprint density at radius 3 is 2.11 bits per heavy atom. The van der Waals surface area contributed by atoms with Crippen LogP contribution in [0.15, 0.2) is 182 Å². The zero-order valence-corrected chi connectivity index (χ0v) is 34.6. The SMILES string of the molecule is [2H]c1c([2H])c([2H])c(-c2cccc(-c3c([2H])c([2H])c([2H])c([2H])c3[2H])c2-[n+]2[c-]n(-c3cccc(Oc4ccc5c6cc(C7CCCC7)ccc6n(-c6cc(C(C)(C)C)ccn6)c5c4)c3)c3ccccc32)c([2H])c1[2H]. The van der Waals surface area contributed by atoms with Gasteiger partial charge in [0.2, 0.25) is 0 Å². The highest BCUT2D eigenvalue weighted by Crippen LogP contribution is 2.41. The van der Waals surface area contributed by atoms with E-state index in [1.807, 2.05) is 65.4 Å². The van der Waals surface area contributed by atoms with Crippen LogP contribution in [0.1, 0.15) is 77.2 Å². The first kappa shape index (κ1) is 28.3. The van der Waals surface area contributed by atoms with E-state index in [2.05, 4.69) is 74.1 Å². The van der Waals surface area contributed by atoms with Crippen LogP contribution < -0.4 is 9.30 Å². The molecule has 10 aromatic rings. The maximum Gasteiger partial charge on any atom is 0.269 e. The van der Waals surface area contributed by atoms with Gasteiger partial charge in [-0.1, -0.05) is 149 Å². The van der Waals surface area contributed by atoms with Crippen molar-refractivity contribution in [2.45, 2.75) is 57.8 Å². The van der Waals surface area contributed by atoms with Crippen molar-refractivity contribution in [2.24, 2.45) is 0 Å². The summed E-state index contributed by atoms with van der Waals surface area (Å²) in [5.41, 5.74) is 6.62. The summed E-state index contributed by atoms with van der Waals surface area (Å²) in [5.74, 6) is 2.51. The Balaban J connectivity index is 1.07. The van der Waals surface area contributed by atoms with Crippen LogP contribution in [-0.4, -0.2) is 14.1 Å². The third-order valence-electron chi connectivity index (χ3n) is 12.1. The van der Waals surface area contributed by atoms with Crippen molar-refractivity contribution in [2.75, 3.05) is 0 Å². The molecule has 1 fully saturated rings. The normalized spacial score (nSPS) is 15.7. The number of benzene rings is 7. The van der Waals surface area contributed by atoms with Gasteiger partial charge in [0.05, 0.1) is 47.1 Å². The molecule has 7 aromatic carbocycles. The molecule has 5 heteroatoms. The summed E-state index contributed by atoms with van der Waals surface area (Å²) >= 11 is 0. The van der Waals surface area contributed by atoms with Crippen LogP contribution in [0.4, 0.5) is 0 Å². The molecular weight excluding hydrogens is 757 g/mol. The molecule has 0 spiro atoms. The molecule has 0 unspecified atom stereocenters. The smallest absolute Gasteiger partial charge is 0.269 e. The predicted molar refractivity (Wildman–Crippen MR) is 253 cm³/mol. The van der Waals surface area contributed by atoms with Crippen LogP contribution in [0.25, 0.3) is 72.3 Å². The summed E-state index contributed by atoms with van der Waals surface area (Å²) in [6, 6.07) is 31.9. The number of ether oxygens (including phenoxy) is 1. The van der Waals surface area contributed by atoms with E-state index in [1.54, 1.807) is 22.8 Å². The number of hydrogen-bond acceptors (Lipinski definition) is 2. The summed E-state index contributed by atoms with van der Waals surface area (Å²) in [6.07, 6.45) is 10.2. The fourth-order valence-electron chi connectivity index (χ4n) is 9.05. The molecule has 0 aliphatic heterocycles. The van der Waals surface area contributed by atoms with Crippen LogP contribution in [0.2, 0.25) is 0 Å². The third kappa shape index (κ3) is 6.75. The number of hydrogen-bond donors (Lipinski definition) is 0. The largest absolute Gasteiger partial charge is 0.458 e. The number of pyridine rings is 1. The van der Waals surface area contributed by atoms with Gasteiger partial charge in [0.25, 0.3) is 6.33 Å². The number of nitrogens with zero attached hydrogens (tertiary/aromatic N) is 4. The number of imidazole rings is 1. The zero-order chi connectivity index (χ0) is 50.5. The predicted octanol–water partition coefficient (Wildman–Crippen LogP) is 14.3. The minimum absolute atomic E-state index is 0.0898. The second-order valence-corrected chi connectivity index (χ2v) is 17.0. The Bertz CT molecular complexity index is 3720. The molecule has 5 nitrogen and oxygen atoms in total. The quantitative estimate of drug-likeness (QED) is 0.113. The van der Waals surface area contributed by atoms with Gasteiger partial charge in [-0.15, -0.1) is 0 Å². The fourth-order valence-corrected chi connectivity index (χ4v) is 9.05. The van der Waals surface area contributed by atoms with E-state index in [4.69, 9.17) is 23.4 Å². The fraction of sp³-hybridized carbons (Fsp3) is 0.158. The van der Waals surface area contributed by atoms with Crippen molar-refractivity contribution in [3.05, 3.63) is 199 Å². The summed E-state index contributed by atoms with van der Waals surface area (Å²) in [7, 11) is 0. The van der Waals surface area contributed by atoms with Crippen molar-refractivity contribution >= 4 is 32.8 Å². The van der Waals surface area contributed by atoms with E-state index < -0.39 is 60.4 Å². The topological polar surface area (TPSA) is 35.9 Å². The van der Waals surface area contributed by atoms with E-state index in [1.165, 1.54) is 36.8 Å². The molecule has 62 heavy (non-hydrogen) atoms. The molecule has 3 aromatic heterocycles. The molecule has 0 radical (unpaired) electrons. The summed E-state index contributed by atoms with van der Waals surface area (Å²) in [5, 5.41) is 2.26. The molecule has 0 atom stereocenters. The van der Waals surface area contributed by atoms with E-state index in [0.717, 1.165) is 27.6 Å². The standard InChI is InChI=1S/C57H48N4O/c1-57(2,3)43-32-33-58-55(35-43)61-51-31-28-42(39-16-10-11-17-39)34-50(51)49-30-29-46(37-54(49)61)62-45-23-14-22-44(36-45)59-38-60(53-27-13-12-26-52(53)59)56-47(40-18-6-4-7-19-40)24-15-25-48(56)41-20-8-5-9-21-41/h4-9,12-15,18-37,39H,10-11,16-17H2,1-3H3/i4D,5D,6D,7D,8D,9D,18D,19D,20D,21D. The average Bonchev–Trinajstić information content (AvgIpc) is 4.14. The van der Waals surface area contributed by atoms with Gasteiger partial charge in [0, 0.05) is 23.0 Å². The van der Waals surface area contributed by atoms with Crippen LogP contribution in [0, 0.1) is 6.33 Å². The lowest BCUT2D eigenvalue weighted by Crippen LogP contribution is -2.31.